The topological polar surface area (TPSA) is 54.3 Å². The molecule has 0 unspecified atom stereocenters. The largest absolute Gasteiger partial charge is 0.486 e. The zero-order chi connectivity index (χ0) is 13.8. The van der Waals surface area contributed by atoms with E-state index >= 15 is 0 Å². The number of nitrogens with one attached hydrogen (secondary N) is 1. The number of anilines is 1. The number of nitrogens with zero attached hydrogens (tertiary/aromatic N) is 1. The maximum Gasteiger partial charge on any atom is 0.163 e. The lowest BCUT2D eigenvalue weighted by molar-refractivity contribution is 0.171. The number of ether oxygens (including phenoxy) is 2. The molecular formula is C16H14N2O2. The van der Waals surface area contributed by atoms with Crippen molar-refractivity contribution in [3.05, 3.63) is 53.6 Å². The Labute approximate surface area is 117 Å². The molecule has 4 heteroatoms. The molecular weight excluding hydrogens is 252 g/mol. The molecule has 0 saturated carbocycles. The van der Waals surface area contributed by atoms with E-state index in [2.05, 4.69) is 11.4 Å². The average molecular weight is 266 g/mol. The molecule has 20 heavy (non-hydrogen) atoms. The Morgan fingerprint density at radius 2 is 1.85 bits per heavy atom. The summed E-state index contributed by atoms with van der Waals surface area (Å²) in [5, 5.41) is 12.4. The molecule has 0 fully saturated rings. The number of hydrogen-bond donors (Lipinski definition) is 1. The van der Waals surface area contributed by atoms with Crippen molar-refractivity contribution in [2.75, 3.05) is 18.5 Å². The Kier molecular flexibility index (Phi) is 3.42. The second-order valence-corrected chi connectivity index (χ2v) is 4.48. The predicted molar refractivity (Wildman–Crippen MR) is 75.9 cm³/mol. The smallest absolute Gasteiger partial charge is 0.163 e. The highest BCUT2D eigenvalue weighted by Gasteiger charge is 2.11. The van der Waals surface area contributed by atoms with Crippen LogP contribution in [-0.4, -0.2) is 13.2 Å². The van der Waals surface area contributed by atoms with Crippen LogP contribution in [-0.2, 0) is 6.54 Å². The normalized spacial score (nSPS) is 12.6. The van der Waals surface area contributed by atoms with Gasteiger partial charge in [-0.2, -0.15) is 5.26 Å². The third-order valence-electron chi connectivity index (χ3n) is 3.16. The highest BCUT2D eigenvalue weighted by Crippen LogP contribution is 2.32. The Bertz CT molecular complexity index is 662. The lowest BCUT2D eigenvalue weighted by Gasteiger charge is -2.19. The summed E-state index contributed by atoms with van der Waals surface area (Å²) in [7, 11) is 0. The number of hydrogen-bond acceptors (Lipinski definition) is 4. The Hall–Kier alpha value is -2.67. The van der Waals surface area contributed by atoms with Crippen LogP contribution < -0.4 is 14.8 Å². The van der Waals surface area contributed by atoms with Crippen LogP contribution in [0.5, 0.6) is 11.5 Å². The van der Waals surface area contributed by atoms with Crippen molar-refractivity contribution >= 4 is 5.69 Å². The van der Waals surface area contributed by atoms with E-state index in [1.807, 2.05) is 42.5 Å². The lowest BCUT2D eigenvalue weighted by Crippen LogP contribution is -2.15. The summed E-state index contributed by atoms with van der Waals surface area (Å²) in [4.78, 5) is 0. The van der Waals surface area contributed by atoms with Gasteiger partial charge in [0.05, 0.1) is 11.6 Å². The van der Waals surface area contributed by atoms with E-state index in [-0.39, 0.29) is 0 Å². The van der Waals surface area contributed by atoms with Gasteiger partial charge in [-0.15, -0.1) is 0 Å². The average Bonchev–Trinajstić information content (AvgIpc) is 2.53. The molecule has 1 N–H and O–H groups in total. The minimum Gasteiger partial charge on any atom is -0.486 e. The lowest BCUT2D eigenvalue weighted by atomic mass is 10.1. The summed E-state index contributed by atoms with van der Waals surface area (Å²) >= 11 is 0. The van der Waals surface area contributed by atoms with E-state index in [1.165, 1.54) is 0 Å². The van der Waals surface area contributed by atoms with Gasteiger partial charge in [0.15, 0.2) is 11.5 Å². The van der Waals surface area contributed by atoms with Gasteiger partial charge in [0.1, 0.15) is 13.2 Å². The molecule has 4 nitrogen and oxygen atoms in total. The number of rotatable bonds is 3. The van der Waals surface area contributed by atoms with Gasteiger partial charge < -0.3 is 14.8 Å². The molecule has 0 bridgehead atoms. The van der Waals surface area contributed by atoms with Crippen molar-refractivity contribution in [3.63, 3.8) is 0 Å². The van der Waals surface area contributed by atoms with E-state index in [9.17, 15) is 0 Å². The summed E-state index contributed by atoms with van der Waals surface area (Å²) in [6, 6.07) is 15.5. The SMILES string of the molecule is N#Cc1ccccc1CNc1ccc2c(c1)OCCO2. The Balaban J connectivity index is 1.74. The first-order valence-electron chi connectivity index (χ1n) is 6.48. The fourth-order valence-corrected chi connectivity index (χ4v) is 2.13. The molecule has 1 heterocycles. The molecule has 0 amide bonds. The van der Waals surface area contributed by atoms with Gasteiger partial charge in [-0.1, -0.05) is 18.2 Å². The van der Waals surface area contributed by atoms with Gasteiger partial charge in [0, 0.05) is 18.3 Å². The third-order valence-corrected chi connectivity index (χ3v) is 3.16. The number of fused-ring (bicyclic) bond motifs is 1. The highest BCUT2D eigenvalue weighted by molar-refractivity contribution is 5.55. The second kappa shape index (κ2) is 5.54. The molecule has 3 rings (SSSR count). The van der Waals surface area contributed by atoms with Crippen LogP contribution in [0.4, 0.5) is 5.69 Å². The van der Waals surface area contributed by atoms with E-state index in [0.717, 1.165) is 22.7 Å². The van der Waals surface area contributed by atoms with Crippen LogP contribution in [0.1, 0.15) is 11.1 Å². The predicted octanol–water partition coefficient (Wildman–Crippen LogP) is 2.94. The minimum atomic E-state index is 0.577. The van der Waals surface area contributed by atoms with E-state index < -0.39 is 0 Å². The van der Waals surface area contributed by atoms with E-state index in [0.29, 0.717) is 25.3 Å². The maximum atomic E-state index is 9.06. The Morgan fingerprint density at radius 1 is 1.05 bits per heavy atom. The van der Waals surface area contributed by atoms with Crippen LogP contribution in [0.15, 0.2) is 42.5 Å². The first-order valence-corrected chi connectivity index (χ1v) is 6.48. The third kappa shape index (κ3) is 2.52. The molecule has 2 aromatic carbocycles. The highest BCUT2D eigenvalue weighted by atomic mass is 16.6. The number of benzene rings is 2. The fraction of sp³-hybridized carbons (Fsp3) is 0.188. The van der Waals surface area contributed by atoms with Gasteiger partial charge in [0.2, 0.25) is 0 Å². The minimum absolute atomic E-state index is 0.577. The van der Waals surface area contributed by atoms with Gasteiger partial charge in [0.25, 0.3) is 0 Å². The van der Waals surface area contributed by atoms with Crippen LogP contribution in [0.25, 0.3) is 0 Å². The quantitative estimate of drug-likeness (QED) is 0.928. The van der Waals surface area contributed by atoms with Gasteiger partial charge in [-0.25, -0.2) is 0 Å². The summed E-state index contributed by atoms with van der Waals surface area (Å²) in [6.07, 6.45) is 0. The Morgan fingerprint density at radius 3 is 2.70 bits per heavy atom. The van der Waals surface area contributed by atoms with Crippen LogP contribution in [0, 0.1) is 11.3 Å². The molecule has 0 atom stereocenters. The van der Waals surface area contributed by atoms with Crippen LogP contribution in [0.2, 0.25) is 0 Å². The molecule has 0 aromatic heterocycles. The van der Waals surface area contributed by atoms with Crippen LogP contribution >= 0.6 is 0 Å². The number of nitriles is 1. The van der Waals surface area contributed by atoms with Gasteiger partial charge >= 0.3 is 0 Å². The van der Waals surface area contributed by atoms with Crippen molar-refractivity contribution in [1.29, 1.82) is 5.26 Å². The molecule has 0 radical (unpaired) electrons. The first kappa shape index (κ1) is 12.4. The zero-order valence-electron chi connectivity index (χ0n) is 10.9. The van der Waals surface area contributed by atoms with E-state index in [1.54, 1.807) is 0 Å². The van der Waals surface area contributed by atoms with Gasteiger partial charge in [-0.3, -0.25) is 0 Å². The zero-order valence-corrected chi connectivity index (χ0v) is 10.9. The maximum absolute atomic E-state index is 9.06. The van der Waals surface area contributed by atoms with Crippen LogP contribution in [0.3, 0.4) is 0 Å². The molecule has 0 spiro atoms. The molecule has 100 valence electrons. The van der Waals surface area contributed by atoms with Crippen molar-refractivity contribution in [2.24, 2.45) is 0 Å². The molecule has 2 aromatic rings. The van der Waals surface area contributed by atoms with Crippen molar-refractivity contribution < 1.29 is 9.47 Å². The van der Waals surface area contributed by atoms with E-state index in [4.69, 9.17) is 14.7 Å². The monoisotopic (exact) mass is 266 g/mol. The van der Waals surface area contributed by atoms with Gasteiger partial charge in [-0.05, 0) is 23.8 Å². The molecule has 1 aliphatic heterocycles. The molecule has 0 aliphatic carbocycles. The standard InChI is InChI=1S/C16H14N2O2/c17-10-12-3-1-2-4-13(12)11-18-14-5-6-15-16(9-14)20-8-7-19-15/h1-6,9,18H,7-8,11H2. The fourth-order valence-electron chi connectivity index (χ4n) is 2.13. The molecule has 0 saturated heterocycles. The first-order chi connectivity index (χ1) is 9.86. The summed E-state index contributed by atoms with van der Waals surface area (Å²) < 4.78 is 11.0. The summed E-state index contributed by atoms with van der Waals surface area (Å²) in [5.74, 6) is 1.54. The van der Waals surface area contributed by atoms with Crippen molar-refractivity contribution in [3.8, 4) is 17.6 Å². The second-order valence-electron chi connectivity index (χ2n) is 4.48. The molecule has 1 aliphatic rings. The van der Waals surface area contributed by atoms with Crippen molar-refractivity contribution in [2.45, 2.75) is 6.54 Å². The summed E-state index contributed by atoms with van der Waals surface area (Å²) in [6.45, 7) is 1.77. The van der Waals surface area contributed by atoms with Crippen molar-refractivity contribution in [1.82, 2.24) is 0 Å². The summed E-state index contributed by atoms with van der Waals surface area (Å²) in [5.41, 5.74) is 2.62.